The van der Waals surface area contributed by atoms with Crippen LogP contribution in [0.1, 0.15) is 0 Å². The Balaban J connectivity index is 2.11. The predicted octanol–water partition coefficient (Wildman–Crippen LogP) is 2.29. The zero-order valence-corrected chi connectivity index (χ0v) is 12.6. The predicted molar refractivity (Wildman–Crippen MR) is 82.9 cm³/mol. The van der Waals surface area contributed by atoms with Crippen molar-refractivity contribution >= 4 is 10.0 Å². The fourth-order valence-corrected chi connectivity index (χ4v) is 3.30. The second-order valence-electron chi connectivity index (χ2n) is 4.72. The summed E-state index contributed by atoms with van der Waals surface area (Å²) in [7, 11) is -4.24. The molecule has 7 heteroatoms. The third-order valence-corrected chi connectivity index (χ3v) is 4.82. The topological polar surface area (TPSA) is 69.0 Å². The molecule has 0 spiro atoms. The highest BCUT2D eigenvalue weighted by molar-refractivity contribution is 7.89. The molecular formula is C16H11FN2O3S. The van der Waals surface area contributed by atoms with Gasteiger partial charge in [0.15, 0.2) is 0 Å². The molecule has 116 valence electrons. The molecule has 0 saturated carbocycles. The molecule has 0 unspecified atom stereocenters. The van der Waals surface area contributed by atoms with E-state index in [2.05, 4.69) is 5.10 Å². The van der Waals surface area contributed by atoms with Crippen LogP contribution in [0.2, 0.25) is 0 Å². The van der Waals surface area contributed by atoms with Crippen LogP contribution >= 0.6 is 0 Å². The van der Waals surface area contributed by atoms with Crippen molar-refractivity contribution in [3.63, 3.8) is 0 Å². The first kappa shape index (κ1) is 15.1. The Morgan fingerprint density at radius 3 is 2.35 bits per heavy atom. The van der Waals surface area contributed by atoms with Gasteiger partial charge in [-0.2, -0.15) is 13.5 Å². The summed E-state index contributed by atoms with van der Waals surface area (Å²) in [5.74, 6) is -0.693. The van der Waals surface area contributed by atoms with E-state index in [1.54, 1.807) is 30.3 Å². The van der Waals surface area contributed by atoms with Gasteiger partial charge in [0.1, 0.15) is 5.82 Å². The monoisotopic (exact) mass is 330 g/mol. The van der Waals surface area contributed by atoms with E-state index < -0.39 is 21.4 Å². The van der Waals surface area contributed by atoms with Crippen molar-refractivity contribution in [1.29, 1.82) is 0 Å². The van der Waals surface area contributed by atoms with Crippen LogP contribution < -0.4 is 5.56 Å². The Kier molecular flexibility index (Phi) is 3.79. The SMILES string of the molecule is O=c1cccnn1S(=O)(=O)c1ccc(-c2ccccc2)c(F)c1. The maximum absolute atomic E-state index is 14.3. The van der Waals surface area contributed by atoms with Gasteiger partial charge >= 0.3 is 0 Å². The lowest BCUT2D eigenvalue weighted by molar-refractivity contribution is 0.572. The minimum Gasteiger partial charge on any atom is -0.267 e. The van der Waals surface area contributed by atoms with Crippen molar-refractivity contribution in [2.24, 2.45) is 0 Å². The Labute approximate surface area is 131 Å². The molecular weight excluding hydrogens is 319 g/mol. The Morgan fingerprint density at radius 1 is 0.957 bits per heavy atom. The molecule has 1 aromatic heterocycles. The molecule has 1 heterocycles. The molecule has 0 fully saturated rings. The largest absolute Gasteiger partial charge is 0.286 e. The minimum absolute atomic E-state index is 0.276. The number of aromatic nitrogens is 2. The zero-order valence-electron chi connectivity index (χ0n) is 11.8. The molecule has 5 nitrogen and oxygen atoms in total. The number of benzene rings is 2. The van der Waals surface area contributed by atoms with Gasteiger partial charge in [-0.1, -0.05) is 36.4 Å². The third kappa shape index (κ3) is 2.78. The Bertz CT molecular complexity index is 1010. The molecule has 0 aliphatic rings. The van der Waals surface area contributed by atoms with Gasteiger partial charge < -0.3 is 0 Å². The lowest BCUT2D eigenvalue weighted by Gasteiger charge is -2.08. The van der Waals surface area contributed by atoms with Gasteiger partial charge in [-0.05, 0) is 23.8 Å². The van der Waals surface area contributed by atoms with Crippen LogP contribution in [-0.2, 0) is 10.0 Å². The first-order valence-electron chi connectivity index (χ1n) is 6.65. The molecule has 0 radical (unpaired) electrons. The molecule has 0 N–H and O–H groups in total. The Hall–Kier alpha value is -2.80. The highest BCUT2D eigenvalue weighted by Crippen LogP contribution is 2.25. The van der Waals surface area contributed by atoms with Gasteiger partial charge in [0.25, 0.3) is 15.6 Å². The summed E-state index contributed by atoms with van der Waals surface area (Å²) in [5, 5.41) is 3.53. The lowest BCUT2D eigenvalue weighted by Crippen LogP contribution is -2.28. The molecule has 0 bridgehead atoms. The van der Waals surface area contributed by atoms with Gasteiger partial charge in [-0.25, -0.2) is 4.39 Å². The standard InChI is InChI=1S/C16H11FN2O3S/c17-15-11-13(8-9-14(15)12-5-2-1-3-6-12)23(21,22)19-16(20)7-4-10-18-19/h1-11H. The van der Waals surface area contributed by atoms with Crippen molar-refractivity contribution in [2.75, 3.05) is 0 Å². The van der Waals surface area contributed by atoms with E-state index in [0.717, 1.165) is 12.1 Å². The second-order valence-corrected chi connectivity index (χ2v) is 6.48. The summed E-state index contributed by atoms with van der Waals surface area (Å²) >= 11 is 0. The van der Waals surface area contributed by atoms with Gasteiger partial charge in [-0.3, -0.25) is 4.79 Å². The molecule has 0 saturated heterocycles. The average Bonchev–Trinajstić information content (AvgIpc) is 2.56. The van der Waals surface area contributed by atoms with Crippen molar-refractivity contribution < 1.29 is 12.8 Å². The summed E-state index contributed by atoms with van der Waals surface area (Å²) in [4.78, 5) is 11.3. The van der Waals surface area contributed by atoms with E-state index in [1.807, 2.05) is 0 Å². The van der Waals surface area contributed by atoms with E-state index >= 15 is 0 Å². The summed E-state index contributed by atoms with van der Waals surface area (Å²) in [6, 6.07) is 14.7. The lowest BCUT2D eigenvalue weighted by atomic mass is 10.1. The second kappa shape index (κ2) is 5.77. The average molecular weight is 330 g/mol. The van der Waals surface area contributed by atoms with Gasteiger partial charge in [0, 0.05) is 17.8 Å². The molecule has 0 atom stereocenters. The summed E-state index contributed by atoms with van der Waals surface area (Å²) < 4.78 is 39.4. The normalized spacial score (nSPS) is 11.3. The maximum atomic E-state index is 14.3. The van der Waals surface area contributed by atoms with E-state index in [0.29, 0.717) is 9.65 Å². The third-order valence-electron chi connectivity index (χ3n) is 3.24. The molecule has 0 aliphatic carbocycles. The first-order valence-corrected chi connectivity index (χ1v) is 8.09. The van der Waals surface area contributed by atoms with Crippen LogP contribution in [0.15, 0.2) is 76.6 Å². The summed E-state index contributed by atoms with van der Waals surface area (Å²) in [6.45, 7) is 0. The smallest absolute Gasteiger partial charge is 0.267 e. The van der Waals surface area contributed by atoms with Crippen LogP contribution in [0.5, 0.6) is 0 Å². The van der Waals surface area contributed by atoms with Gasteiger partial charge in [0.05, 0.1) is 4.90 Å². The first-order chi connectivity index (χ1) is 11.0. The molecule has 23 heavy (non-hydrogen) atoms. The molecule has 3 aromatic rings. The maximum Gasteiger partial charge on any atom is 0.286 e. The number of rotatable bonds is 3. The quantitative estimate of drug-likeness (QED) is 0.739. The highest BCUT2D eigenvalue weighted by Gasteiger charge is 2.21. The highest BCUT2D eigenvalue weighted by atomic mass is 32.2. The van der Waals surface area contributed by atoms with Crippen molar-refractivity contribution in [3.8, 4) is 11.1 Å². The number of hydrogen-bond acceptors (Lipinski definition) is 4. The molecule has 2 aromatic carbocycles. The molecule has 0 aliphatic heterocycles. The van der Waals surface area contributed by atoms with Gasteiger partial charge in [0.2, 0.25) is 0 Å². The van der Waals surface area contributed by atoms with E-state index in [-0.39, 0.29) is 10.5 Å². The van der Waals surface area contributed by atoms with Crippen LogP contribution in [0, 0.1) is 5.82 Å². The molecule has 3 rings (SSSR count). The van der Waals surface area contributed by atoms with E-state index in [4.69, 9.17) is 0 Å². The minimum atomic E-state index is -4.24. The van der Waals surface area contributed by atoms with E-state index in [1.165, 1.54) is 24.4 Å². The summed E-state index contributed by atoms with van der Waals surface area (Å²) in [6.07, 6.45) is 1.17. The van der Waals surface area contributed by atoms with Crippen molar-refractivity contribution in [2.45, 2.75) is 4.90 Å². The fraction of sp³-hybridized carbons (Fsp3) is 0. The van der Waals surface area contributed by atoms with E-state index in [9.17, 15) is 17.6 Å². The van der Waals surface area contributed by atoms with Crippen molar-refractivity contribution in [3.05, 3.63) is 83.0 Å². The number of nitrogens with zero attached hydrogens (tertiary/aromatic N) is 2. The number of hydrogen-bond donors (Lipinski definition) is 0. The van der Waals surface area contributed by atoms with Crippen LogP contribution in [-0.4, -0.2) is 17.6 Å². The number of halogens is 1. The zero-order chi connectivity index (χ0) is 16.4. The van der Waals surface area contributed by atoms with Crippen molar-refractivity contribution in [1.82, 2.24) is 9.19 Å². The van der Waals surface area contributed by atoms with Gasteiger partial charge in [-0.15, -0.1) is 4.09 Å². The van der Waals surface area contributed by atoms with Crippen LogP contribution in [0.3, 0.4) is 0 Å². The summed E-state index contributed by atoms with van der Waals surface area (Å²) in [5.41, 5.74) is 0.0990. The Morgan fingerprint density at radius 2 is 1.70 bits per heavy atom. The fourth-order valence-electron chi connectivity index (χ4n) is 2.13. The molecule has 0 amide bonds. The van der Waals surface area contributed by atoms with Crippen LogP contribution in [0.25, 0.3) is 11.1 Å². The van der Waals surface area contributed by atoms with Crippen LogP contribution in [0.4, 0.5) is 4.39 Å².